The minimum absolute atomic E-state index is 0.126. The van der Waals surface area contributed by atoms with Gasteiger partial charge in [0.15, 0.2) is 0 Å². The Morgan fingerprint density at radius 1 is 1.53 bits per heavy atom. The summed E-state index contributed by atoms with van der Waals surface area (Å²) in [7, 11) is 0. The summed E-state index contributed by atoms with van der Waals surface area (Å²) in [5, 5.41) is 0. The monoisotopic (exact) mass is 213 g/mol. The maximum Gasteiger partial charge on any atom is 0.417 e. The molecule has 4 nitrogen and oxygen atoms in total. The van der Waals surface area contributed by atoms with Crippen molar-refractivity contribution in [3.63, 3.8) is 0 Å². The van der Waals surface area contributed by atoms with Gasteiger partial charge in [0.1, 0.15) is 5.60 Å². The van der Waals surface area contributed by atoms with E-state index in [0.29, 0.717) is 18.9 Å². The summed E-state index contributed by atoms with van der Waals surface area (Å²) in [6, 6.07) is 0. The molecule has 15 heavy (non-hydrogen) atoms. The van der Waals surface area contributed by atoms with Crippen molar-refractivity contribution in [2.45, 2.75) is 46.1 Å². The number of hydrogen-bond acceptors (Lipinski definition) is 3. The van der Waals surface area contributed by atoms with Gasteiger partial charge in [0.05, 0.1) is 6.54 Å². The minimum Gasteiger partial charge on any atom is -0.441 e. The van der Waals surface area contributed by atoms with E-state index in [0.717, 1.165) is 6.42 Å². The average molecular weight is 213 g/mol. The molecule has 0 unspecified atom stereocenters. The van der Waals surface area contributed by atoms with Gasteiger partial charge in [-0.15, -0.1) is 0 Å². The number of carbonyl (C=O) groups excluding carboxylic acids is 2. The second-order valence-electron chi connectivity index (χ2n) is 5.04. The molecule has 1 rings (SSSR count). The molecule has 4 heteroatoms. The fourth-order valence-electron chi connectivity index (χ4n) is 1.51. The summed E-state index contributed by atoms with van der Waals surface area (Å²) >= 11 is 0. The van der Waals surface area contributed by atoms with Crippen molar-refractivity contribution in [3.05, 3.63) is 0 Å². The summed E-state index contributed by atoms with van der Waals surface area (Å²) in [5.74, 6) is 0.347. The predicted octanol–water partition coefficient (Wildman–Crippen LogP) is 2.18. The second kappa shape index (κ2) is 4.21. The third kappa shape index (κ3) is 3.22. The lowest BCUT2D eigenvalue weighted by molar-refractivity contribution is -0.128. The molecule has 0 aromatic heterocycles. The number of nitrogens with zero attached hydrogens (tertiary/aromatic N) is 1. The van der Waals surface area contributed by atoms with Crippen LogP contribution < -0.4 is 0 Å². The summed E-state index contributed by atoms with van der Waals surface area (Å²) in [6.45, 7) is 8.09. The maximum absolute atomic E-state index is 11.7. The first kappa shape index (κ1) is 12.0. The SMILES string of the molecule is CC(C)CCC(=O)N1CC(C)(C)OC1=O. The van der Waals surface area contributed by atoms with Crippen LogP contribution >= 0.6 is 0 Å². The zero-order valence-corrected chi connectivity index (χ0v) is 9.87. The van der Waals surface area contributed by atoms with Crippen LogP contribution in [-0.4, -0.2) is 29.0 Å². The van der Waals surface area contributed by atoms with E-state index in [1.54, 1.807) is 13.8 Å². The first-order valence-electron chi connectivity index (χ1n) is 5.35. The van der Waals surface area contributed by atoms with E-state index in [2.05, 4.69) is 13.8 Å². The number of ether oxygens (including phenoxy) is 1. The molecule has 0 aromatic carbocycles. The molecule has 0 aromatic rings. The summed E-state index contributed by atoms with van der Waals surface area (Å²) in [5.41, 5.74) is -0.537. The molecule has 1 aliphatic rings. The maximum atomic E-state index is 11.7. The van der Waals surface area contributed by atoms with Crippen LogP contribution in [0.4, 0.5) is 4.79 Å². The highest BCUT2D eigenvalue weighted by Gasteiger charge is 2.40. The number of imide groups is 1. The van der Waals surface area contributed by atoms with Crippen molar-refractivity contribution in [1.82, 2.24) is 4.90 Å². The van der Waals surface area contributed by atoms with Gasteiger partial charge < -0.3 is 4.74 Å². The lowest BCUT2D eigenvalue weighted by Crippen LogP contribution is -2.34. The molecule has 0 bridgehead atoms. The van der Waals surface area contributed by atoms with E-state index < -0.39 is 11.7 Å². The summed E-state index contributed by atoms with van der Waals surface area (Å²) in [4.78, 5) is 24.2. The molecule has 1 aliphatic heterocycles. The smallest absolute Gasteiger partial charge is 0.417 e. The van der Waals surface area contributed by atoms with E-state index in [4.69, 9.17) is 4.74 Å². The first-order valence-corrected chi connectivity index (χ1v) is 5.35. The fraction of sp³-hybridized carbons (Fsp3) is 0.818. The van der Waals surface area contributed by atoms with E-state index >= 15 is 0 Å². The Hall–Kier alpha value is -1.06. The van der Waals surface area contributed by atoms with Gasteiger partial charge in [-0.2, -0.15) is 0 Å². The Balaban J connectivity index is 2.51. The van der Waals surface area contributed by atoms with Crippen LogP contribution in [-0.2, 0) is 9.53 Å². The molecule has 0 spiro atoms. The number of amides is 2. The van der Waals surface area contributed by atoms with Crippen molar-refractivity contribution < 1.29 is 14.3 Å². The van der Waals surface area contributed by atoms with Gasteiger partial charge >= 0.3 is 6.09 Å². The molecular weight excluding hydrogens is 194 g/mol. The second-order valence-corrected chi connectivity index (χ2v) is 5.04. The molecule has 0 atom stereocenters. The normalized spacial score (nSPS) is 19.5. The standard InChI is InChI=1S/C11H19NO3/c1-8(2)5-6-9(13)12-7-11(3,4)15-10(12)14/h8H,5-7H2,1-4H3. The largest absolute Gasteiger partial charge is 0.441 e. The van der Waals surface area contributed by atoms with Crippen LogP contribution in [0.15, 0.2) is 0 Å². The lowest BCUT2D eigenvalue weighted by atomic mass is 10.1. The zero-order chi connectivity index (χ0) is 11.6. The number of cyclic esters (lactones) is 1. The van der Waals surface area contributed by atoms with Crippen LogP contribution in [0.1, 0.15) is 40.5 Å². The topological polar surface area (TPSA) is 46.6 Å². The summed E-state index contributed by atoms with van der Waals surface area (Å²) < 4.78 is 5.06. The van der Waals surface area contributed by atoms with Crippen molar-refractivity contribution in [2.24, 2.45) is 5.92 Å². The molecule has 1 saturated heterocycles. The van der Waals surface area contributed by atoms with Crippen LogP contribution in [0, 0.1) is 5.92 Å². The Labute approximate surface area is 90.6 Å². The minimum atomic E-state index is -0.537. The van der Waals surface area contributed by atoms with E-state index in [9.17, 15) is 9.59 Å². The highest BCUT2D eigenvalue weighted by molar-refractivity contribution is 5.93. The van der Waals surface area contributed by atoms with E-state index in [1.807, 2.05) is 0 Å². The lowest BCUT2D eigenvalue weighted by Gasteiger charge is -2.14. The van der Waals surface area contributed by atoms with Gasteiger partial charge in [0.25, 0.3) is 0 Å². The third-order valence-corrected chi connectivity index (χ3v) is 2.36. The molecule has 0 N–H and O–H groups in total. The number of hydrogen-bond donors (Lipinski definition) is 0. The van der Waals surface area contributed by atoms with Gasteiger partial charge in [-0.25, -0.2) is 9.69 Å². The molecule has 2 amide bonds. The van der Waals surface area contributed by atoms with Gasteiger partial charge in [0.2, 0.25) is 5.91 Å². The van der Waals surface area contributed by atoms with Crippen molar-refractivity contribution >= 4 is 12.0 Å². The summed E-state index contributed by atoms with van der Waals surface area (Å²) in [6.07, 6.45) is 0.722. The van der Waals surface area contributed by atoms with Gasteiger partial charge in [-0.05, 0) is 26.2 Å². The van der Waals surface area contributed by atoms with Crippen LogP contribution in [0.2, 0.25) is 0 Å². The molecular formula is C11H19NO3. The molecule has 1 fully saturated rings. The Kier molecular flexibility index (Phi) is 3.37. The molecule has 0 saturated carbocycles. The number of rotatable bonds is 3. The van der Waals surface area contributed by atoms with E-state index in [-0.39, 0.29) is 5.91 Å². The molecule has 0 radical (unpaired) electrons. The van der Waals surface area contributed by atoms with Gasteiger partial charge in [-0.3, -0.25) is 4.79 Å². The Bertz CT molecular complexity index is 271. The number of carbonyl (C=O) groups is 2. The van der Waals surface area contributed by atoms with E-state index in [1.165, 1.54) is 4.90 Å². The third-order valence-electron chi connectivity index (χ3n) is 2.36. The Morgan fingerprint density at radius 3 is 2.53 bits per heavy atom. The van der Waals surface area contributed by atoms with Crippen molar-refractivity contribution in [1.29, 1.82) is 0 Å². The highest BCUT2D eigenvalue weighted by atomic mass is 16.6. The van der Waals surface area contributed by atoms with Crippen molar-refractivity contribution in [2.75, 3.05) is 6.54 Å². The van der Waals surface area contributed by atoms with Crippen molar-refractivity contribution in [3.8, 4) is 0 Å². The first-order chi connectivity index (χ1) is 6.82. The average Bonchev–Trinajstić information content (AvgIpc) is 2.35. The molecule has 1 heterocycles. The van der Waals surface area contributed by atoms with Crippen LogP contribution in [0.5, 0.6) is 0 Å². The molecule has 86 valence electrons. The molecule has 0 aliphatic carbocycles. The Morgan fingerprint density at radius 2 is 2.13 bits per heavy atom. The van der Waals surface area contributed by atoms with Gasteiger partial charge in [0, 0.05) is 6.42 Å². The zero-order valence-electron chi connectivity index (χ0n) is 9.87. The van der Waals surface area contributed by atoms with Crippen LogP contribution in [0.3, 0.4) is 0 Å². The fourth-order valence-corrected chi connectivity index (χ4v) is 1.51. The quantitative estimate of drug-likeness (QED) is 0.721. The van der Waals surface area contributed by atoms with Gasteiger partial charge in [-0.1, -0.05) is 13.8 Å². The predicted molar refractivity (Wildman–Crippen MR) is 56.3 cm³/mol. The van der Waals surface area contributed by atoms with Crippen LogP contribution in [0.25, 0.3) is 0 Å². The highest BCUT2D eigenvalue weighted by Crippen LogP contribution is 2.22.